The van der Waals surface area contributed by atoms with E-state index in [1.165, 1.54) is 25.3 Å². The Labute approximate surface area is 92.6 Å². The van der Waals surface area contributed by atoms with Crippen molar-refractivity contribution in [3.8, 4) is 11.5 Å². The Morgan fingerprint density at radius 3 is 2.75 bits per heavy atom. The first-order chi connectivity index (χ1) is 7.69. The standard InChI is InChI=1S/C11H13FO4/c1-15-10-7-8(11(13)14)3-4-9(10)16-6-2-5-12/h3-4,7H,2,5-6H2,1H3,(H,13,14). The number of carbonyl (C=O) groups is 1. The van der Waals surface area contributed by atoms with Crippen LogP contribution in [0.3, 0.4) is 0 Å². The van der Waals surface area contributed by atoms with Gasteiger partial charge in [-0.3, -0.25) is 4.39 Å². The largest absolute Gasteiger partial charge is 0.493 e. The van der Waals surface area contributed by atoms with Gasteiger partial charge in [0.15, 0.2) is 11.5 Å². The van der Waals surface area contributed by atoms with Crippen LogP contribution < -0.4 is 9.47 Å². The molecule has 0 atom stereocenters. The zero-order valence-corrected chi connectivity index (χ0v) is 8.90. The van der Waals surface area contributed by atoms with E-state index in [1.807, 2.05) is 0 Å². The van der Waals surface area contributed by atoms with E-state index in [0.29, 0.717) is 17.9 Å². The van der Waals surface area contributed by atoms with Gasteiger partial charge < -0.3 is 14.6 Å². The van der Waals surface area contributed by atoms with E-state index in [-0.39, 0.29) is 12.2 Å². The van der Waals surface area contributed by atoms with Crippen LogP contribution in [0.25, 0.3) is 0 Å². The molecule has 0 fully saturated rings. The first-order valence-electron chi connectivity index (χ1n) is 4.79. The molecule has 88 valence electrons. The van der Waals surface area contributed by atoms with Gasteiger partial charge in [0.05, 0.1) is 26.0 Å². The summed E-state index contributed by atoms with van der Waals surface area (Å²) in [7, 11) is 1.42. The molecule has 0 aliphatic heterocycles. The Kier molecular flexibility index (Phi) is 4.57. The smallest absolute Gasteiger partial charge is 0.335 e. The van der Waals surface area contributed by atoms with Gasteiger partial charge in [0, 0.05) is 6.42 Å². The molecule has 4 nitrogen and oxygen atoms in total. The lowest BCUT2D eigenvalue weighted by atomic mass is 10.2. The van der Waals surface area contributed by atoms with Crippen LogP contribution in [0, 0.1) is 0 Å². The molecule has 0 bridgehead atoms. The van der Waals surface area contributed by atoms with E-state index in [1.54, 1.807) is 0 Å². The third kappa shape index (κ3) is 3.12. The molecule has 1 rings (SSSR count). The van der Waals surface area contributed by atoms with Crippen LogP contribution in [0.4, 0.5) is 4.39 Å². The van der Waals surface area contributed by atoms with Gasteiger partial charge in [-0.1, -0.05) is 0 Å². The summed E-state index contributed by atoms with van der Waals surface area (Å²) < 4.78 is 22.1. The zero-order valence-electron chi connectivity index (χ0n) is 8.90. The number of hydrogen-bond donors (Lipinski definition) is 1. The molecule has 1 aromatic carbocycles. The Balaban J connectivity index is 2.80. The fourth-order valence-electron chi connectivity index (χ4n) is 1.16. The number of hydrogen-bond acceptors (Lipinski definition) is 3. The number of alkyl halides is 1. The number of carboxylic acids is 1. The van der Waals surface area contributed by atoms with Gasteiger partial charge in [0.2, 0.25) is 0 Å². The molecule has 0 aromatic heterocycles. The fourth-order valence-corrected chi connectivity index (χ4v) is 1.16. The van der Waals surface area contributed by atoms with E-state index in [9.17, 15) is 9.18 Å². The topological polar surface area (TPSA) is 55.8 Å². The third-order valence-electron chi connectivity index (χ3n) is 1.95. The summed E-state index contributed by atoms with van der Waals surface area (Å²) >= 11 is 0. The monoisotopic (exact) mass is 228 g/mol. The molecule has 5 heteroatoms. The van der Waals surface area contributed by atoms with Gasteiger partial charge in [-0.2, -0.15) is 0 Å². The quantitative estimate of drug-likeness (QED) is 0.758. The molecule has 1 N–H and O–H groups in total. The first-order valence-corrected chi connectivity index (χ1v) is 4.79. The number of aromatic carboxylic acids is 1. The van der Waals surface area contributed by atoms with Crippen LogP contribution >= 0.6 is 0 Å². The fraction of sp³-hybridized carbons (Fsp3) is 0.364. The summed E-state index contributed by atoms with van der Waals surface area (Å²) in [5.41, 5.74) is 0.120. The zero-order chi connectivity index (χ0) is 12.0. The molecular weight excluding hydrogens is 215 g/mol. The first kappa shape index (κ1) is 12.3. The van der Waals surface area contributed by atoms with Crippen molar-refractivity contribution in [1.29, 1.82) is 0 Å². The van der Waals surface area contributed by atoms with Gasteiger partial charge in [-0.15, -0.1) is 0 Å². The van der Waals surface area contributed by atoms with Crippen molar-refractivity contribution in [1.82, 2.24) is 0 Å². The summed E-state index contributed by atoms with van der Waals surface area (Å²) in [4.78, 5) is 10.7. The van der Waals surface area contributed by atoms with Gasteiger partial charge in [-0.05, 0) is 18.2 Å². The highest BCUT2D eigenvalue weighted by Crippen LogP contribution is 2.28. The summed E-state index contributed by atoms with van der Waals surface area (Å²) in [5, 5.41) is 8.76. The summed E-state index contributed by atoms with van der Waals surface area (Å²) in [5.74, 6) is -0.284. The molecule has 0 unspecified atom stereocenters. The lowest BCUT2D eigenvalue weighted by molar-refractivity contribution is 0.0696. The Hall–Kier alpha value is -1.78. The summed E-state index contributed by atoms with van der Waals surface area (Å²) in [6.45, 7) is -0.213. The molecular formula is C11H13FO4. The number of benzene rings is 1. The molecule has 0 saturated carbocycles. The maximum Gasteiger partial charge on any atom is 0.335 e. The number of carboxylic acid groups (broad SMARTS) is 1. The van der Waals surface area contributed by atoms with Crippen LogP contribution in [-0.4, -0.2) is 31.5 Å². The average molecular weight is 228 g/mol. The van der Waals surface area contributed by atoms with Crippen LogP contribution in [0.5, 0.6) is 11.5 Å². The predicted octanol–water partition coefficient (Wildman–Crippen LogP) is 2.13. The lowest BCUT2D eigenvalue weighted by Gasteiger charge is -2.10. The highest BCUT2D eigenvalue weighted by Gasteiger charge is 2.09. The molecule has 1 aromatic rings. The van der Waals surface area contributed by atoms with E-state index < -0.39 is 12.6 Å². The lowest BCUT2D eigenvalue weighted by Crippen LogP contribution is -2.02. The van der Waals surface area contributed by atoms with Crippen LogP contribution in [-0.2, 0) is 0 Å². The predicted molar refractivity (Wildman–Crippen MR) is 56.0 cm³/mol. The third-order valence-corrected chi connectivity index (χ3v) is 1.95. The van der Waals surface area contributed by atoms with Crippen molar-refractivity contribution < 1.29 is 23.8 Å². The SMILES string of the molecule is COc1cc(C(=O)O)ccc1OCCCF. The maximum absolute atomic E-state index is 11.9. The number of rotatable bonds is 6. The summed E-state index contributed by atoms with van der Waals surface area (Å²) in [6.07, 6.45) is 0.295. The van der Waals surface area contributed by atoms with Crippen molar-refractivity contribution in [2.24, 2.45) is 0 Å². The molecule has 0 aliphatic rings. The maximum atomic E-state index is 11.9. The van der Waals surface area contributed by atoms with Crippen molar-refractivity contribution in [2.75, 3.05) is 20.4 Å². The highest BCUT2D eigenvalue weighted by molar-refractivity contribution is 5.88. The number of ether oxygens (including phenoxy) is 2. The molecule has 0 heterocycles. The van der Waals surface area contributed by atoms with Crippen molar-refractivity contribution >= 4 is 5.97 Å². The Morgan fingerprint density at radius 1 is 1.44 bits per heavy atom. The summed E-state index contributed by atoms with van der Waals surface area (Å²) in [6, 6.07) is 4.28. The Bertz CT molecular complexity index is 365. The van der Waals surface area contributed by atoms with E-state index in [0.717, 1.165) is 0 Å². The average Bonchev–Trinajstić information content (AvgIpc) is 2.29. The van der Waals surface area contributed by atoms with Crippen LogP contribution in [0.15, 0.2) is 18.2 Å². The van der Waals surface area contributed by atoms with Crippen molar-refractivity contribution in [3.05, 3.63) is 23.8 Å². The molecule has 0 saturated heterocycles. The number of halogens is 1. The normalized spacial score (nSPS) is 9.88. The second-order valence-electron chi connectivity index (χ2n) is 3.06. The van der Waals surface area contributed by atoms with Gasteiger partial charge >= 0.3 is 5.97 Å². The minimum absolute atomic E-state index is 0.120. The minimum Gasteiger partial charge on any atom is -0.493 e. The molecule has 0 spiro atoms. The van der Waals surface area contributed by atoms with Gasteiger partial charge in [0.25, 0.3) is 0 Å². The van der Waals surface area contributed by atoms with E-state index in [4.69, 9.17) is 14.6 Å². The second kappa shape index (κ2) is 5.95. The minimum atomic E-state index is -1.03. The Morgan fingerprint density at radius 2 is 2.19 bits per heavy atom. The van der Waals surface area contributed by atoms with Crippen molar-refractivity contribution in [3.63, 3.8) is 0 Å². The second-order valence-corrected chi connectivity index (χ2v) is 3.06. The molecule has 0 amide bonds. The number of methoxy groups -OCH3 is 1. The van der Waals surface area contributed by atoms with E-state index >= 15 is 0 Å². The molecule has 0 aliphatic carbocycles. The molecule has 16 heavy (non-hydrogen) atoms. The van der Waals surface area contributed by atoms with E-state index in [2.05, 4.69) is 0 Å². The van der Waals surface area contributed by atoms with Gasteiger partial charge in [-0.25, -0.2) is 4.79 Å². The van der Waals surface area contributed by atoms with Gasteiger partial charge in [0.1, 0.15) is 0 Å². The van der Waals surface area contributed by atoms with Crippen molar-refractivity contribution in [2.45, 2.75) is 6.42 Å². The van der Waals surface area contributed by atoms with Crippen LogP contribution in [0.1, 0.15) is 16.8 Å². The highest BCUT2D eigenvalue weighted by atomic mass is 19.1. The van der Waals surface area contributed by atoms with Crippen LogP contribution in [0.2, 0.25) is 0 Å². The molecule has 0 radical (unpaired) electrons.